The molecule has 0 saturated carbocycles. The summed E-state index contributed by atoms with van der Waals surface area (Å²) in [6.45, 7) is 4.03. The molecule has 29 heavy (non-hydrogen) atoms. The first kappa shape index (κ1) is 19.1. The summed E-state index contributed by atoms with van der Waals surface area (Å²) < 4.78 is 2.99. The number of aromatic nitrogens is 2. The third-order valence-electron chi connectivity index (χ3n) is 5.05. The minimum Gasteiger partial charge on any atom is -0.507 e. The van der Waals surface area contributed by atoms with Gasteiger partial charge in [0.2, 0.25) is 0 Å². The average Bonchev–Trinajstić information content (AvgIpc) is 3.02. The van der Waals surface area contributed by atoms with Crippen LogP contribution in [0.4, 0.5) is 0 Å². The van der Waals surface area contributed by atoms with Gasteiger partial charge in [-0.2, -0.15) is 0 Å². The average molecular weight is 405 g/mol. The van der Waals surface area contributed by atoms with E-state index in [9.17, 15) is 9.90 Å². The van der Waals surface area contributed by atoms with Gasteiger partial charge in [0.1, 0.15) is 5.75 Å². The van der Waals surface area contributed by atoms with E-state index < -0.39 is 0 Å². The van der Waals surface area contributed by atoms with Crippen LogP contribution in [0.3, 0.4) is 0 Å². The molecule has 0 aliphatic heterocycles. The number of phenols is 1. The van der Waals surface area contributed by atoms with Gasteiger partial charge in [0.05, 0.1) is 10.7 Å². The van der Waals surface area contributed by atoms with Crippen molar-refractivity contribution in [3.63, 3.8) is 0 Å². The van der Waals surface area contributed by atoms with Crippen molar-refractivity contribution in [2.45, 2.75) is 13.8 Å². The Morgan fingerprint density at radius 2 is 1.55 bits per heavy atom. The Morgan fingerprint density at radius 1 is 0.862 bits per heavy atom. The zero-order chi connectivity index (χ0) is 20.7. The van der Waals surface area contributed by atoms with Gasteiger partial charge in [0.15, 0.2) is 0 Å². The predicted octanol–water partition coefficient (Wildman–Crippen LogP) is 5.49. The highest BCUT2D eigenvalue weighted by molar-refractivity contribution is 6.32. The van der Waals surface area contributed by atoms with Crippen LogP contribution in [-0.2, 0) is 7.05 Å². The molecule has 3 aromatic carbocycles. The lowest BCUT2D eigenvalue weighted by molar-refractivity contribution is 0.479. The van der Waals surface area contributed by atoms with E-state index in [0.29, 0.717) is 16.3 Å². The van der Waals surface area contributed by atoms with Gasteiger partial charge in [0, 0.05) is 30.6 Å². The van der Waals surface area contributed by atoms with Gasteiger partial charge < -0.3 is 9.67 Å². The van der Waals surface area contributed by atoms with Crippen LogP contribution in [0.2, 0.25) is 5.02 Å². The number of imidazole rings is 1. The molecular formula is C24H21ClN2O2. The molecule has 0 atom stereocenters. The molecule has 4 nitrogen and oxygen atoms in total. The van der Waals surface area contributed by atoms with E-state index in [-0.39, 0.29) is 11.4 Å². The Balaban J connectivity index is 1.84. The zero-order valence-corrected chi connectivity index (χ0v) is 17.2. The summed E-state index contributed by atoms with van der Waals surface area (Å²) in [4.78, 5) is 12.2. The normalized spacial score (nSPS) is 11.0. The van der Waals surface area contributed by atoms with E-state index in [1.165, 1.54) is 9.13 Å². The number of phenolic OH excluding ortho intramolecular Hbond substituents is 1. The smallest absolute Gasteiger partial charge is 0.332 e. The summed E-state index contributed by atoms with van der Waals surface area (Å²) in [7, 11) is 1.69. The Hall–Kier alpha value is -3.24. The quantitative estimate of drug-likeness (QED) is 0.491. The molecule has 0 bridgehead atoms. The lowest BCUT2D eigenvalue weighted by Crippen LogP contribution is -2.20. The van der Waals surface area contributed by atoms with E-state index in [1.807, 2.05) is 50.2 Å². The van der Waals surface area contributed by atoms with Crippen molar-refractivity contribution < 1.29 is 5.11 Å². The van der Waals surface area contributed by atoms with Crippen molar-refractivity contribution in [2.24, 2.45) is 7.05 Å². The molecule has 0 spiro atoms. The molecule has 0 amide bonds. The van der Waals surface area contributed by atoms with E-state index in [0.717, 1.165) is 27.8 Å². The molecule has 1 aromatic heterocycles. The van der Waals surface area contributed by atoms with Crippen LogP contribution in [0.25, 0.3) is 27.9 Å². The van der Waals surface area contributed by atoms with Crippen LogP contribution >= 0.6 is 11.6 Å². The summed E-state index contributed by atoms with van der Waals surface area (Å²) in [5, 5.41) is 11.5. The third-order valence-corrected chi connectivity index (χ3v) is 5.35. The molecule has 1 heterocycles. The standard InChI is InChI=1S/C24H21ClN2O2/c1-15-5-4-6-17(11-15)19-12-16(2)13-20(23(19)28)18-7-8-22(21(25)14-18)27-10-9-26(3)24(27)29/h4-14,28H,1-3H3. The topological polar surface area (TPSA) is 47.2 Å². The van der Waals surface area contributed by atoms with Crippen molar-refractivity contribution in [1.82, 2.24) is 9.13 Å². The number of aryl methyl sites for hydroxylation is 3. The third kappa shape index (κ3) is 3.47. The van der Waals surface area contributed by atoms with Crippen LogP contribution in [0.15, 0.2) is 71.8 Å². The van der Waals surface area contributed by atoms with Gasteiger partial charge in [-0.15, -0.1) is 0 Å². The summed E-state index contributed by atoms with van der Waals surface area (Å²) in [6, 6.07) is 17.4. The van der Waals surface area contributed by atoms with E-state index >= 15 is 0 Å². The molecule has 146 valence electrons. The zero-order valence-electron chi connectivity index (χ0n) is 16.5. The number of nitrogens with zero attached hydrogens (tertiary/aromatic N) is 2. The van der Waals surface area contributed by atoms with Gasteiger partial charge in [0.25, 0.3) is 0 Å². The lowest BCUT2D eigenvalue weighted by atomic mass is 9.94. The Morgan fingerprint density at radius 3 is 2.14 bits per heavy atom. The molecule has 1 N–H and O–H groups in total. The molecule has 0 saturated heterocycles. The molecule has 0 radical (unpaired) electrons. The van der Waals surface area contributed by atoms with Gasteiger partial charge in [-0.05, 0) is 54.8 Å². The summed E-state index contributed by atoms with van der Waals surface area (Å²) in [6.07, 6.45) is 3.37. The highest BCUT2D eigenvalue weighted by atomic mass is 35.5. The monoisotopic (exact) mass is 404 g/mol. The second-order valence-corrected chi connectivity index (χ2v) is 7.71. The van der Waals surface area contributed by atoms with Gasteiger partial charge in [-0.1, -0.05) is 47.5 Å². The van der Waals surface area contributed by atoms with Crippen LogP contribution < -0.4 is 5.69 Å². The fourth-order valence-electron chi connectivity index (χ4n) is 3.55. The molecular weight excluding hydrogens is 384 g/mol. The second-order valence-electron chi connectivity index (χ2n) is 7.31. The first-order chi connectivity index (χ1) is 13.8. The fraction of sp³-hybridized carbons (Fsp3) is 0.125. The minimum atomic E-state index is -0.167. The summed E-state index contributed by atoms with van der Waals surface area (Å²) in [5.41, 5.74) is 5.84. The highest BCUT2D eigenvalue weighted by Crippen LogP contribution is 2.40. The maximum atomic E-state index is 12.2. The molecule has 0 aliphatic rings. The van der Waals surface area contributed by atoms with Crippen LogP contribution in [0, 0.1) is 13.8 Å². The SMILES string of the molecule is Cc1cccc(-c2cc(C)cc(-c3ccc(-n4ccn(C)c4=O)c(Cl)c3)c2O)c1. The maximum Gasteiger partial charge on any atom is 0.332 e. The fourth-order valence-corrected chi connectivity index (χ4v) is 3.82. The van der Waals surface area contributed by atoms with E-state index in [2.05, 4.69) is 6.07 Å². The predicted molar refractivity (Wildman–Crippen MR) is 118 cm³/mol. The van der Waals surface area contributed by atoms with Gasteiger partial charge in [-0.3, -0.25) is 4.57 Å². The first-order valence-electron chi connectivity index (χ1n) is 9.30. The molecule has 4 rings (SSSR count). The first-order valence-corrected chi connectivity index (χ1v) is 9.68. The largest absolute Gasteiger partial charge is 0.507 e. The molecule has 0 unspecified atom stereocenters. The van der Waals surface area contributed by atoms with Crippen LogP contribution in [0.1, 0.15) is 11.1 Å². The van der Waals surface area contributed by atoms with Crippen molar-refractivity contribution in [3.05, 3.63) is 93.6 Å². The molecule has 5 heteroatoms. The lowest BCUT2D eigenvalue weighted by Gasteiger charge is -2.14. The number of hydrogen-bond donors (Lipinski definition) is 1. The Labute approximate surface area is 174 Å². The highest BCUT2D eigenvalue weighted by Gasteiger charge is 2.15. The van der Waals surface area contributed by atoms with Crippen molar-refractivity contribution in [2.75, 3.05) is 0 Å². The van der Waals surface area contributed by atoms with Crippen molar-refractivity contribution in [1.29, 1.82) is 0 Å². The van der Waals surface area contributed by atoms with Crippen LogP contribution in [0.5, 0.6) is 5.75 Å². The van der Waals surface area contributed by atoms with Gasteiger partial charge in [-0.25, -0.2) is 4.79 Å². The van der Waals surface area contributed by atoms with Gasteiger partial charge >= 0.3 is 5.69 Å². The number of benzene rings is 3. The number of rotatable bonds is 3. The Kier molecular flexibility index (Phi) is 4.81. The van der Waals surface area contributed by atoms with Crippen molar-refractivity contribution in [3.8, 4) is 33.7 Å². The minimum absolute atomic E-state index is 0.167. The summed E-state index contributed by atoms with van der Waals surface area (Å²) in [5.74, 6) is 0.210. The summed E-state index contributed by atoms with van der Waals surface area (Å²) >= 11 is 6.51. The number of halogens is 1. The Bertz CT molecular complexity index is 1280. The molecule has 0 aliphatic carbocycles. The van der Waals surface area contributed by atoms with Crippen LogP contribution in [-0.4, -0.2) is 14.2 Å². The second kappa shape index (κ2) is 7.30. The number of hydrogen-bond acceptors (Lipinski definition) is 2. The number of aromatic hydroxyl groups is 1. The molecule has 0 fully saturated rings. The van der Waals surface area contributed by atoms with E-state index in [1.54, 1.807) is 31.6 Å². The van der Waals surface area contributed by atoms with E-state index in [4.69, 9.17) is 11.6 Å². The molecule has 4 aromatic rings. The van der Waals surface area contributed by atoms with Crippen molar-refractivity contribution >= 4 is 11.6 Å². The maximum absolute atomic E-state index is 12.2.